The van der Waals surface area contributed by atoms with E-state index >= 15 is 0 Å². The highest BCUT2D eigenvalue weighted by Gasteiger charge is 2.24. The first kappa shape index (κ1) is 25.6. The van der Waals surface area contributed by atoms with Crippen LogP contribution in [0.4, 0.5) is 0 Å². The van der Waals surface area contributed by atoms with E-state index in [1.807, 2.05) is 57.1 Å². The van der Waals surface area contributed by atoms with E-state index in [9.17, 15) is 20.1 Å². The number of hydrogen-bond acceptors (Lipinski definition) is 7. The number of nitrogens with zero attached hydrogens (tertiary/aromatic N) is 2. The molecule has 0 atom stereocenters. The summed E-state index contributed by atoms with van der Waals surface area (Å²) in [4.78, 5) is 15.6. The van der Waals surface area contributed by atoms with Crippen LogP contribution in [0.5, 0.6) is 23.0 Å². The van der Waals surface area contributed by atoms with Gasteiger partial charge in [0, 0.05) is 40.5 Å². The first-order valence-electron chi connectivity index (χ1n) is 13.1. The number of hydrogen-bond donors (Lipinski definition) is 3. The number of phenolic OH excluding ortho intramolecular Hbond substituents is 3. The smallest absolute Gasteiger partial charge is 0.361 e. The third-order valence-electron chi connectivity index (χ3n) is 7.46. The molecule has 0 saturated heterocycles. The first-order valence-corrected chi connectivity index (χ1v) is 13.1. The van der Waals surface area contributed by atoms with E-state index in [1.54, 1.807) is 34.9 Å². The molecular formula is C32H30N2O6. The molecule has 8 nitrogen and oxygen atoms in total. The Balaban J connectivity index is 1.72. The molecule has 0 fully saturated rings. The zero-order chi connectivity index (χ0) is 28.3. The molecule has 0 radical (unpaired) electrons. The van der Waals surface area contributed by atoms with Crippen molar-refractivity contribution in [1.82, 2.24) is 9.30 Å². The van der Waals surface area contributed by atoms with Gasteiger partial charge in [-0.2, -0.15) is 0 Å². The van der Waals surface area contributed by atoms with Crippen molar-refractivity contribution in [1.29, 1.82) is 0 Å². The van der Waals surface area contributed by atoms with Gasteiger partial charge in [0.1, 0.15) is 22.6 Å². The maximum atomic E-state index is 13.6. The average molecular weight is 539 g/mol. The summed E-state index contributed by atoms with van der Waals surface area (Å²) >= 11 is 0. The van der Waals surface area contributed by atoms with E-state index in [4.69, 9.17) is 9.15 Å². The van der Waals surface area contributed by atoms with Gasteiger partial charge < -0.3 is 33.8 Å². The van der Waals surface area contributed by atoms with Gasteiger partial charge in [-0.15, -0.1) is 0 Å². The standard InChI is InChI=1S/C32H30N2O6/c1-17-6-7-20(14-23(17)35)28-29-22-15-25(37)27(39-11-5-9-33(3)4)16-26(22)40-32(38)31(29)34-10-8-19-13-24(36)18(2)12-21(19)30(28)34/h6-8,10,12-16,35-37H,5,9,11H2,1-4H3. The number of aromatic nitrogens is 1. The van der Waals surface area contributed by atoms with Gasteiger partial charge in [-0.05, 0) is 86.8 Å². The zero-order valence-electron chi connectivity index (χ0n) is 22.8. The van der Waals surface area contributed by atoms with Crippen molar-refractivity contribution in [3.63, 3.8) is 0 Å². The molecule has 0 bridgehead atoms. The summed E-state index contributed by atoms with van der Waals surface area (Å²) in [6, 6.07) is 14.0. The van der Waals surface area contributed by atoms with E-state index in [2.05, 4.69) is 0 Å². The van der Waals surface area contributed by atoms with Crippen LogP contribution in [-0.4, -0.2) is 51.9 Å². The molecule has 3 aromatic carbocycles. The van der Waals surface area contributed by atoms with Crippen molar-refractivity contribution in [2.45, 2.75) is 20.3 Å². The first-order chi connectivity index (χ1) is 19.1. The van der Waals surface area contributed by atoms with Crippen molar-refractivity contribution in [3.8, 4) is 34.1 Å². The van der Waals surface area contributed by atoms with Gasteiger partial charge in [0.25, 0.3) is 0 Å². The SMILES string of the molecule is Cc1ccc(-c2c3c4cc(O)c(OCCCN(C)C)cc4oc(=O)c3n3ccc4cc(O)c(C)cc4c23)cc1O. The quantitative estimate of drug-likeness (QED) is 0.174. The van der Waals surface area contributed by atoms with E-state index < -0.39 is 5.63 Å². The average Bonchev–Trinajstić information content (AvgIpc) is 3.26. The maximum Gasteiger partial charge on any atom is 0.361 e. The number of rotatable bonds is 6. The van der Waals surface area contributed by atoms with Crippen LogP contribution in [0.25, 0.3) is 49.3 Å². The molecule has 0 unspecified atom stereocenters. The highest BCUT2D eigenvalue weighted by Crippen LogP contribution is 2.44. The van der Waals surface area contributed by atoms with Gasteiger partial charge in [0.05, 0.1) is 12.1 Å². The van der Waals surface area contributed by atoms with Gasteiger partial charge in [0.2, 0.25) is 0 Å². The lowest BCUT2D eigenvalue weighted by molar-refractivity contribution is 0.271. The van der Waals surface area contributed by atoms with Gasteiger partial charge in [0.15, 0.2) is 11.5 Å². The maximum absolute atomic E-state index is 13.6. The van der Waals surface area contributed by atoms with Gasteiger partial charge in [-0.1, -0.05) is 12.1 Å². The predicted molar refractivity (Wildman–Crippen MR) is 157 cm³/mol. The van der Waals surface area contributed by atoms with Crippen LogP contribution in [0.15, 0.2) is 63.9 Å². The van der Waals surface area contributed by atoms with E-state index in [0.717, 1.165) is 34.8 Å². The number of pyridine rings is 1. The van der Waals surface area contributed by atoms with Crippen LogP contribution >= 0.6 is 0 Å². The molecule has 40 heavy (non-hydrogen) atoms. The fourth-order valence-corrected chi connectivity index (χ4v) is 5.38. The Kier molecular flexibility index (Phi) is 6.07. The summed E-state index contributed by atoms with van der Waals surface area (Å²) in [7, 11) is 3.96. The predicted octanol–water partition coefficient (Wildman–Crippen LogP) is 6.08. The lowest BCUT2D eigenvalue weighted by Crippen LogP contribution is -2.15. The summed E-state index contributed by atoms with van der Waals surface area (Å²) in [5.74, 6) is 0.479. The van der Waals surface area contributed by atoms with Crippen LogP contribution < -0.4 is 10.4 Å². The van der Waals surface area contributed by atoms with Crippen molar-refractivity contribution < 1.29 is 24.5 Å². The molecule has 0 spiro atoms. The number of aryl methyl sites for hydroxylation is 2. The summed E-state index contributed by atoms with van der Waals surface area (Å²) in [6.45, 7) is 4.87. The van der Waals surface area contributed by atoms with Gasteiger partial charge in [-0.25, -0.2) is 4.79 Å². The van der Waals surface area contributed by atoms with Gasteiger partial charge in [-0.3, -0.25) is 0 Å². The second-order valence-electron chi connectivity index (χ2n) is 10.6. The molecule has 0 aliphatic heterocycles. The lowest BCUT2D eigenvalue weighted by Gasteiger charge is -2.12. The molecule has 8 heteroatoms. The van der Waals surface area contributed by atoms with E-state index in [-0.39, 0.29) is 28.6 Å². The number of fused-ring (bicyclic) bond motifs is 7. The minimum atomic E-state index is -0.542. The molecule has 6 aromatic rings. The Hall–Kier alpha value is -4.69. The number of benzene rings is 3. The summed E-state index contributed by atoms with van der Waals surface area (Å²) < 4.78 is 13.4. The largest absolute Gasteiger partial charge is 0.508 e. The van der Waals surface area contributed by atoms with Crippen LogP contribution in [-0.2, 0) is 0 Å². The Morgan fingerprint density at radius 2 is 1.65 bits per heavy atom. The molecule has 3 N–H and O–H groups in total. The van der Waals surface area contributed by atoms with E-state index in [1.165, 1.54) is 0 Å². The van der Waals surface area contributed by atoms with Crippen LogP contribution in [0.3, 0.4) is 0 Å². The fraction of sp³-hybridized carbons (Fsp3) is 0.219. The van der Waals surface area contributed by atoms with Crippen LogP contribution in [0.1, 0.15) is 17.5 Å². The van der Waals surface area contributed by atoms with Crippen molar-refractivity contribution in [2.75, 3.05) is 27.2 Å². The molecule has 0 aliphatic carbocycles. The third-order valence-corrected chi connectivity index (χ3v) is 7.46. The summed E-state index contributed by atoms with van der Waals surface area (Å²) in [6.07, 6.45) is 2.54. The molecular weight excluding hydrogens is 508 g/mol. The number of aromatic hydroxyl groups is 3. The lowest BCUT2D eigenvalue weighted by atomic mass is 9.97. The number of ether oxygens (including phenoxy) is 1. The fourth-order valence-electron chi connectivity index (χ4n) is 5.38. The second-order valence-corrected chi connectivity index (χ2v) is 10.6. The molecule has 0 saturated carbocycles. The Bertz CT molecular complexity index is 2020. The van der Waals surface area contributed by atoms with Crippen LogP contribution in [0.2, 0.25) is 0 Å². The highest BCUT2D eigenvalue weighted by atomic mass is 16.5. The second kappa shape index (κ2) is 9.50. The molecule has 6 rings (SSSR count). The molecule has 3 aromatic heterocycles. The van der Waals surface area contributed by atoms with Crippen molar-refractivity contribution >= 4 is 38.2 Å². The zero-order valence-corrected chi connectivity index (χ0v) is 22.8. The monoisotopic (exact) mass is 538 g/mol. The normalized spacial score (nSPS) is 11.9. The van der Waals surface area contributed by atoms with Crippen LogP contribution in [0, 0.1) is 13.8 Å². The topological polar surface area (TPSA) is 108 Å². The van der Waals surface area contributed by atoms with Crippen molar-refractivity contribution in [2.24, 2.45) is 0 Å². The minimum Gasteiger partial charge on any atom is -0.508 e. The van der Waals surface area contributed by atoms with E-state index in [0.29, 0.717) is 39.6 Å². The minimum absolute atomic E-state index is 0.0638. The highest BCUT2D eigenvalue weighted by molar-refractivity contribution is 6.21. The Morgan fingerprint density at radius 1 is 0.875 bits per heavy atom. The molecule has 0 aliphatic rings. The molecule has 3 heterocycles. The summed E-state index contributed by atoms with van der Waals surface area (Å²) in [5, 5.41) is 34.7. The Morgan fingerprint density at radius 3 is 2.40 bits per heavy atom. The third kappa shape index (κ3) is 4.08. The van der Waals surface area contributed by atoms with Gasteiger partial charge >= 0.3 is 5.63 Å². The number of phenols is 3. The van der Waals surface area contributed by atoms with Crippen molar-refractivity contribution in [3.05, 3.63) is 76.3 Å². The Labute approximate surface area is 229 Å². The molecule has 0 amide bonds. The summed E-state index contributed by atoms with van der Waals surface area (Å²) in [5.41, 5.74) is 3.59. The molecule has 204 valence electrons.